The highest BCUT2D eigenvalue weighted by Crippen LogP contribution is 2.30. The molecule has 3 aromatic rings. The van der Waals surface area contributed by atoms with Crippen LogP contribution in [0, 0.1) is 0 Å². The van der Waals surface area contributed by atoms with Gasteiger partial charge in [-0.15, -0.1) is 0 Å². The molecule has 0 unspecified atom stereocenters. The zero-order chi connectivity index (χ0) is 20.9. The molecule has 30 heavy (non-hydrogen) atoms. The number of anilines is 5. The number of hydrogen-bond donors (Lipinski definition) is 3. The van der Waals surface area contributed by atoms with Crippen LogP contribution in [0.25, 0.3) is 0 Å². The molecule has 1 aromatic carbocycles. The highest BCUT2D eigenvalue weighted by atomic mass is 35.5. The SMILES string of the molecule is C=CC(=O)Nc1cccc(Nc2nc(Nc3cnn(C4CCCC4)c3)ncc2Cl)c1. The Morgan fingerprint density at radius 3 is 2.77 bits per heavy atom. The van der Waals surface area contributed by atoms with Gasteiger partial charge in [0.15, 0.2) is 5.82 Å². The molecule has 4 rings (SSSR count). The maximum absolute atomic E-state index is 11.5. The summed E-state index contributed by atoms with van der Waals surface area (Å²) >= 11 is 6.27. The number of amides is 1. The first-order valence-electron chi connectivity index (χ1n) is 9.75. The van der Waals surface area contributed by atoms with E-state index in [1.807, 2.05) is 23.0 Å². The molecule has 1 fully saturated rings. The van der Waals surface area contributed by atoms with E-state index in [1.165, 1.54) is 38.0 Å². The van der Waals surface area contributed by atoms with Gasteiger partial charge >= 0.3 is 0 Å². The summed E-state index contributed by atoms with van der Waals surface area (Å²) in [5, 5.41) is 13.9. The van der Waals surface area contributed by atoms with E-state index < -0.39 is 0 Å². The molecule has 3 N–H and O–H groups in total. The fourth-order valence-corrected chi connectivity index (χ4v) is 3.56. The summed E-state index contributed by atoms with van der Waals surface area (Å²) in [6.07, 6.45) is 11.3. The Morgan fingerprint density at radius 1 is 1.17 bits per heavy atom. The van der Waals surface area contributed by atoms with E-state index in [2.05, 4.69) is 37.6 Å². The molecule has 0 bridgehead atoms. The van der Waals surface area contributed by atoms with Crippen LogP contribution in [-0.4, -0.2) is 25.7 Å². The van der Waals surface area contributed by atoms with Gasteiger partial charge in [-0.1, -0.05) is 37.1 Å². The third kappa shape index (κ3) is 4.77. The Hall–Kier alpha value is -3.39. The molecule has 0 radical (unpaired) electrons. The first-order chi connectivity index (χ1) is 14.6. The van der Waals surface area contributed by atoms with E-state index in [-0.39, 0.29) is 5.91 Å². The number of carbonyl (C=O) groups is 1. The van der Waals surface area contributed by atoms with E-state index in [9.17, 15) is 4.79 Å². The largest absolute Gasteiger partial charge is 0.339 e. The van der Waals surface area contributed by atoms with Crippen LogP contribution in [0.3, 0.4) is 0 Å². The molecule has 9 heteroatoms. The molecule has 8 nitrogen and oxygen atoms in total. The van der Waals surface area contributed by atoms with Gasteiger partial charge in [-0.2, -0.15) is 10.1 Å². The number of benzene rings is 1. The first kappa shape index (κ1) is 19.9. The Morgan fingerprint density at radius 2 is 1.97 bits per heavy atom. The van der Waals surface area contributed by atoms with Crippen molar-refractivity contribution in [1.29, 1.82) is 0 Å². The molecule has 1 aliphatic rings. The molecule has 1 aliphatic carbocycles. The van der Waals surface area contributed by atoms with Gasteiger partial charge in [0.2, 0.25) is 11.9 Å². The van der Waals surface area contributed by atoms with Gasteiger partial charge < -0.3 is 16.0 Å². The lowest BCUT2D eigenvalue weighted by Gasteiger charge is -2.11. The van der Waals surface area contributed by atoms with Gasteiger partial charge in [-0.05, 0) is 37.1 Å². The summed E-state index contributed by atoms with van der Waals surface area (Å²) < 4.78 is 2.01. The monoisotopic (exact) mass is 423 g/mol. The van der Waals surface area contributed by atoms with Gasteiger partial charge in [0.05, 0.1) is 24.1 Å². The Kier molecular flexibility index (Phi) is 5.94. The van der Waals surface area contributed by atoms with Crippen LogP contribution in [0.5, 0.6) is 0 Å². The van der Waals surface area contributed by atoms with Crippen molar-refractivity contribution in [1.82, 2.24) is 19.7 Å². The molecule has 2 aromatic heterocycles. The molecule has 0 spiro atoms. The topological polar surface area (TPSA) is 96.8 Å². The fourth-order valence-electron chi connectivity index (χ4n) is 3.42. The Labute approximate surface area is 179 Å². The molecule has 2 heterocycles. The van der Waals surface area contributed by atoms with E-state index in [1.54, 1.807) is 18.3 Å². The van der Waals surface area contributed by atoms with Crippen LogP contribution in [0.4, 0.5) is 28.8 Å². The molecule has 1 amide bonds. The van der Waals surface area contributed by atoms with Crippen LogP contribution < -0.4 is 16.0 Å². The van der Waals surface area contributed by atoms with Gasteiger partial charge in [0, 0.05) is 17.6 Å². The predicted octanol–water partition coefficient (Wildman–Crippen LogP) is 5.05. The first-order valence-corrected chi connectivity index (χ1v) is 10.1. The quantitative estimate of drug-likeness (QED) is 0.460. The minimum atomic E-state index is -0.281. The Balaban J connectivity index is 1.48. The fraction of sp³-hybridized carbons (Fsp3) is 0.238. The standard InChI is InChI=1S/C21H22ClN7O/c1-2-19(30)25-14-6-5-7-15(10-14)26-20-18(22)12-23-21(28-20)27-16-11-24-29(13-16)17-8-3-4-9-17/h2,5-7,10-13,17H,1,3-4,8-9H2,(H,25,30)(H2,23,26,27,28). The smallest absolute Gasteiger partial charge is 0.247 e. The molecule has 0 aliphatic heterocycles. The van der Waals surface area contributed by atoms with Crippen molar-refractivity contribution in [2.45, 2.75) is 31.7 Å². The number of carbonyl (C=O) groups excluding carboxylic acids is 1. The lowest BCUT2D eigenvalue weighted by Crippen LogP contribution is -2.07. The lowest BCUT2D eigenvalue weighted by atomic mass is 10.2. The van der Waals surface area contributed by atoms with E-state index in [4.69, 9.17) is 11.6 Å². The summed E-state index contributed by atoms with van der Waals surface area (Å²) in [5.41, 5.74) is 2.18. The van der Waals surface area contributed by atoms with Crippen LogP contribution in [0.1, 0.15) is 31.7 Å². The molecular weight excluding hydrogens is 402 g/mol. The number of rotatable bonds is 7. The summed E-state index contributed by atoms with van der Waals surface area (Å²) in [4.78, 5) is 20.2. The molecule has 154 valence electrons. The molecule has 1 saturated carbocycles. The maximum Gasteiger partial charge on any atom is 0.247 e. The normalized spacial score (nSPS) is 13.8. The van der Waals surface area contributed by atoms with Crippen molar-refractivity contribution < 1.29 is 4.79 Å². The summed E-state index contributed by atoms with van der Waals surface area (Å²) in [5.74, 6) is 0.574. The summed E-state index contributed by atoms with van der Waals surface area (Å²) in [7, 11) is 0. The van der Waals surface area contributed by atoms with Crippen LogP contribution in [0.15, 0.2) is 55.5 Å². The third-order valence-corrected chi connectivity index (χ3v) is 5.16. The molecular formula is C21H22ClN7O. The van der Waals surface area contributed by atoms with Crippen molar-refractivity contribution in [3.05, 3.63) is 60.5 Å². The number of halogens is 1. The van der Waals surface area contributed by atoms with E-state index in [0.29, 0.717) is 28.5 Å². The van der Waals surface area contributed by atoms with Crippen molar-refractivity contribution in [3.63, 3.8) is 0 Å². The second kappa shape index (κ2) is 8.96. The Bertz CT molecular complexity index is 1060. The van der Waals surface area contributed by atoms with E-state index >= 15 is 0 Å². The minimum Gasteiger partial charge on any atom is -0.339 e. The predicted molar refractivity (Wildman–Crippen MR) is 119 cm³/mol. The van der Waals surface area contributed by atoms with Crippen LogP contribution in [0.2, 0.25) is 5.02 Å². The van der Waals surface area contributed by atoms with Gasteiger partial charge in [-0.3, -0.25) is 9.48 Å². The van der Waals surface area contributed by atoms with Crippen molar-refractivity contribution in [2.24, 2.45) is 0 Å². The second-order valence-electron chi connectivity index (χ2n) is 7.06. The highest BCUT2D eigenvalue weighted by molar-refractivity contribution is 6.32. The average Bonchev–Trinajstić information content (AvgIpc) is 3.43. The highest BCUT2D eigenvalue weighted by Gasteiger charge is 2.17. The number of aromatic nitrogens is 4. The number of hydrogen-bond acceptors (Lipinski definition) is 6. The van der Waals surface area contributed by atoms with Gasteiger partial charge in [0.25, 0.3) is 0 Å². The minimum absolute atomic E-state index is 0.281. The molecule has 0 atom stereocenters. The van der Waals surface area contributed by atoms with Crippen LogP contribution in [-0.2, 0) is 4.79 Å². The van der Waals surface area contributed by atoms with Crippen molar-refractivity contribution in [2.75, 3.05) is 16.0 Å². The zero-order valence-electron chi connectivity index (χ0n) is 16.3. The van der Waals surface area contributed by atoms with Gasteiger partial charge in [0.1, 0.15) is 5.02 Å². The number of nitrogens with one attached hydrogen (secondary N) is 3. The van der Waals surface area contributed by atoms with Crippen molar-refractivity contribution >= 4 is 46.3 Å². The lowest BCUT2D eigenvalue weighted by molar-refractivity contribution is -0.111. The average molecular weight is 424 g/mol. The zero-order valence-corrected chi connectivity index (χ0v) is 17.1. The van der Waals surface area contributed by atoms with Crippen LogP contribution >= 0.6 is 11.6 Å². The molecule has 0 saturated heterocycles. The van der Waals surface area contributed by atoms with Gasteiger partial charge in [-0.25, -0.2) is 4.98 Å². The summed E-state index contributed by atoms with van der Waals surface area (Å²) in [6.45, 7) is 3.45. The van der Waals surface area contributed by atoms with Crippen molar-refractivity contribution in [3.8, 4) is 0 Å². The maximum atomic E-state index is 11.5. The van der Waals surface area contributed by atoms with E-state index in [0.717, 1.165) is 11.4 Å². The third-order valence-electron chi connectivity index (χ3n) is 4.88. The summed E-state index contributed by atoms with van der Waals surface area (Å²) in [6, 6.07) is 7.69. The number of nitrogens with zero attached hydrogens (tertiary/aromatic N) is 4. The second-order valence-corrected chi connectivity index (χ2v) is 7.47.